The van der Waals surface area contributed by atoms with E-state index in [1.165, 1.54) is 5.56 Å². The van der Waals surface area contributed by atoms with Gasteiger partial charge in [-0.3, -0.25) is 0 Å². The van der Waals surface area contributed by atoms with Crippen LogP contribution in [0.15, 0.2) is 18.2 Å². The highest BCUT2D eigenvalue weighted by Crippen LogP contribution is 2.25. The van der Waals surface area contributed by atoms with Crippen molar-refractivity contribution in [1.82, 2.24) is 0 Å². The van der Waals surface area contributed by atoms with Gasteiger partial charge in [-0.2, -0.15) is 5.26 Å². The average molecular weight is 202 g/mol. The Kier molecular flexibility index (Phi) is 2.89. The molecule has 1 atom stereocenters. The Labute approximate surface area is 89.5 Å². The minimum Gasteiger partial charge on any atom is -0.493 e. The molecule has 1 aliphatic rings. The summed E-state index contributed by atoms with van der Waals surface area (Å²) >= 11 is 0. The number of nitrogens with two attached hydrogens (primary N) is 1. The molecule has 15 heavy (non-hydrogen) atoms. The molecule has 0 spiro atoms. The number of nitrogens with zero attached hydrogens (tertiary/aromatic N) is 1. The molecule has 1 aromatic rings. The number of rotatable bonds is 2. The van der Waals surface area contributed by atoms with Crippen molar-refractivity contribution in [3.05, 3.63) is 29.3 Å². The minimum atomic E-state index is -0.410. The summed E-state index contributed by atoms with van der Waals surface area (Å²) in [4.78, 5) is 0. The van der Waals surface area contributed by atoms with Crippen LogP contribution in [0.5, 0.6) is 5.75 Å². The molecule has 0 aliphatic carbocycles. The van der Waals surface area contributed by atoms with E-state index in [9.17, 15) is 0 Å². The molecule has 2 N–H and O–H groups in total. The van der Waals surface area contributed by atoms with Gasteiger partial charge in [0.15, 0.2) is 0 Å². The van der Waals surface area contributed by atoms with E-state index in [2.05, 4.69) is 6.07 Å². The first-order chi connectivity index (χ1) is 7.29. The number of benzene rings is 1. The molecule has 1 aliphatic heterocycles. The normalized spacial score (nSPS) is 16.0. The van der Waals surface area contributed by atoms with E-state index in [4.69, 9.17) is 15.7 Å². The summed E-state index contributed by atoms with van der Waals surface area (Å²) in [5.74, 6) is 0.982. The van der Waals surface area contributed by atoms with Crippen molar-refractivity contribution in [2.24, 2.45) is 5.73 Å². The maximum atomic E-state index is 8.63. The van der Waals surface area contributed by atoms with Gasteiger partial charge in [0, 0.05) is 6.42 Å². The topological polar surface area (TPSA) is 59.0 Å². The number of aryl methyl sites for hydroxylation is 1. The zero-order valence-electron chi connectivity index (χ0n) is 8.57. The second-order valence-electron chi connectivity index (χ2n) is 3.83. The summed E-state index contributed by atoms with van der Waals surface area (Å²) in [6, 6.07) is 7.70. The van der Waals surface area contributed by atoms with E-state index in [1.54, 1.807) is 0 Å². The Balaban J connectivity index is 2.18. The summed E-state index contributed by atoms with van der Waals surface area (Å²) in [5.41, 5.74) is 7.95. The van der Waals surface area contributed by atoms with Crippen molar-refractivity contribution in [1.29, 1.82) is 5.26 Å². The van der Waals surface area contributed by atoms with E-state index in [1.807, 2.05) is 18.2 Å². The van der Waals surface area contributed by atoms with Crippen LogP contribution < -0.4 is 10.5 Å². The van der Waals surface area contributed by atoms with Crippen LogP contribution in [0.4, 0.5) is 0 Å². The monoisotopic (exact) mass is 202 g/mol. The molecule has 1 heterocycles. The van der Waals surface area contributed by atoms with Gasteiger partial charge in [-0.1, -0.05) is 12.1 Å². The fourth-order valence-corrected chi connectivity index (χ4v) is 1.84. The summed E-state index contributed by atoms with van der Waals surface area (Å²) in [5, 5.41) is 8.63. The Hall–Kier alpha value is -1.53. The molecule has 0 saturated heterocycles. The SMILES string of the molecule is N#CC(N)Cc1ccc2c(c1)CCCO2. The van der Waals surface area contributed by atoms with Gasteiger partial charge < -0.3 is 10.5 Å². The molecular weight excluding hydrogens is 188 g/mol. The van der Waals surface area contributed by atoms with Crippen molar-refractivity contribution in [2.45, 2.75) is 25.3 Å². The second kappa shape index (κ2) is 4.33. The van der Waals surface area contributed by atoms with Gasteiger partial charge in [0.1, 0.15) is 5.75 Å². The zero-order chi connectivity index (χ0) is 10.7. The van der Waals surface area contributed by atoms with Gasteiger partial charge >= 0.3 is 0 Å². The Morgan fingerprint density at radius 2 is 2.40 bits per heavy atom. The first kappa shape index (κ1) is 10.0. The van der Waals surface area contributed by atoms with Crippen molar-refractivity contribution in [3.8, 4) is 11.8 Å². The molecule has 0 fully saturated rings. The zero-order valence-corrected chi connectivity index (χ0v) is 8.57. The molecule has 78 valence electrons. The lowest BCUT2D eigenvalue weighted by Gasteiger charge is -2.18. The van der Waals surface area contributed by atoms with Gasteiger partial charge in [-0.05, 0) is 30.0 Å². The summed E-state index contributed by atoms with van der Waals surface area (Å²) in [7, 11) is 0. The molecular formula is C12H14N2O. The van der Waals surface area contributed by atoms with Gasteiger partial charge in [0.2, 0.25) is 0 Å². The fourth-order valence-electron chi connectivity index (χ4n) is 1.84. The first-order valence-corrected chi connectivity index (χ1v) is 5.19. The minimum absolute atomic E-state index is 0.410. The standard InChI is InChI=1S/C12H14N2O/c13-8-11(14)7-9-3-4-12-10(6-9)2-1-5-15-12/h3-4,6,11H,1-2,5,7,14H2. The maximum absolute atomic E-state index is 8.63. The number of nitriles is 1. The van der Waals surface area contributed by atoms with E-state index >= 15 is 0 Å². The quantitative estimate of drug-likeness (QED) is 0.788. The van der Waals surface area contributed by atoms with E-state index < -0.39 is 6.04 Å². The van der Waals surface area contributed by atoms with Gasteiger partial charge in [-0.15, -0.1) is 0 Å². The van der Waals surface area contributed by atoms with Gasteiger partial charge in [-0.25, -0.2) is 0 Å². The number of hydrogen-bond donors (Lipinski definition) is 1. The van der Waals surface area contributed by atoms with Crippen molar-refractivity contribution in [2.75, 3.05) is 6.61 Å². The van der Waals surface area contributed by atoms with Crippen LogP contribution in [-0.2, 0) is 12.8 Å². The maximum Gasteiger partial charge on any atom is 0.122 e. The Morgan fingerprint density at radius 1 is 1.53 bits per heavy atom. The smallest absolute Gasteiger partial charge is 0.122 e. The third-order valence-electron chi connectivity index (χ3n) is 2.59. The molecule has 2 rings (SSSR count). The van der Waals surface area contributed by atoms with Crippen molar-refractivity contribution < 1.29 is 4.74 Å². The predicted molar refractivity (Wildman–Crippen MR) is 57.6 cm³/mol. The molecule has 3 heteroatoms. The van der Waals surface area contributed by atoms with Crippen molar-refractivity contribution in [3.63, 3.8) is 0 Å². The summed E-state index contributed by atoms with van der Waals surface area (Å²) < 4.78 is 5.51. The molecule has 1 aromatic carbocycles. The summed E-state index contributed by atoms with van der Waals surface area (Å²) in [6.07, 6.45) is 2.75. The van der Waals surface area contributed by atoms with Crippen LogP contribution in [0.2, 0.25) is 0 Å². The number of ether oxygens (including phenoxy) is 1. The number of hydrogen-bond acceptors (Lipinski definition) is 3. The van der Waals surface area contributed by atoms with E-state index in [0.717, 1.165) is 30.8 Å². The average Bonchev–Trinajstić information content (AvgIpc) is 2.29. The van der Waals surface area contributed by atoms with Crippen LogP contribution in [0.3, 0.4) is 0 Å². The second-order valence-corrected chi connectivity index (χ2v) is 3.83. The van der Waals surface area contributed by atoms with Crippen LogP contribution in [0, 0.1) is 11.3 Å². The Bertz CT molecular complexity index is 395. The molecule has 0 bridgehead atoms. The molecule has 0 radical (unpaired) electrons. The van der Waals surface area contributed by atoms with Crippen molar-refractivity contribution >= 4 is 0 Å². The molecule has 3 nitrogen and oxygen atoms in total. The largest absolute Gasteiger partial charge is 0.493 e. The lowest BCUT2D eigenvalue weighted by molar-refractivity contribution is 0.288. The lowest BCUT2D eigenvalue weighted by atomic mass is 10.00. The molecule has 0 aromatic heterocycles. The van der Waals surface area contributed by atoms with Crippen LogP contribution in [0.1, 0.15) is 17.5 Å². The van der Waals surface area contributed by atoms with E-state index in [0.29, 0.717) is 6.42 Å². The highest BCUT2D eigenvalue weighted by molar-refractivity contribution is 5.39. The highest BCUT2D eigenvalue weighted by atomic mass is 16.5. The molecule has 1 unspecified atom stereocenters. The van der Waals surface area contributed by atoms with Gasteiger partial charge in [0.05, 0.1) is 18.7 Å². The number of fused-ring (bicyclic) bond motifs is 1. The lowest BCUT2D eigenvalue weighted by Crippen LogP contribution is -2.20. The molecule has 0 saturated carbocycles. The van der Waals surface area contributed by atoms with Crippen LogP contribution in [0.25, 0.3) is 0 Å². The van der Waals surface area contributed by atoms with Crippen LogP contribution >= 0.6 is 0 Å². The summed E-state index contributed by atoms with van der Waals surface area (Å²) in [6.45, 7) is 0.810. The van der Waals surface area contributed by atoms with Gasteiger partial charge in [0.25, 0.3) is 0 Å². The molecule has 0 amide bonds. The third kappa shape index (κ3) is 2.28. The highest BCUT2D eigenvalue weighted by Gasteiger charge is 2.11. The first-order valence-electron chi connectivity index (χ1n) is 5.19. The third-order valence-corrected chi connectivity index (χ3v) is 2.59. The predicted octanol–water partition coefficient (Wildman–Crippen LogP) is 1.40. The van der Waals surface area contributed by atoms with Crippen LogP contribution in [-0.4, -0.2) is 12.6 Å². The fraction of sp³-hybridized carbons (Fsp3) is 0.417. The Morgan fingerprint density at radius 3 is 3.20 bits per heavy atom. The van der Waals surface area contributed by atoms with E-state index in [-0.39, 0.29) is 0 Å².